The third kappa shape index (κ3) is 3.97. The van der Waals surface area contributed by atoms with Crippen molar-refractivity contribution < 1.29 is 14.1 Å². The molecule has 2 aromatic heterocycles. The zero-order chi connectivity index (χ0) is 18.5. The average Bonchev–Trinajstić information content (AvgIpc) is 3.03. The molecule has 0 amide bonds. The normalized spacial score (nSPS) is 10.7. The first kappa shape index (κ1) is 17.8. The van der Waals surface area contributed by atoms with E-state index in [1.807, 2.05) is 11.5 Å². The minimum Gasteiger partial charge on any atom is -0.483 e. The number of hydrogen-bond donors (Lipinski definition) is 0. The van der Waals surface area contributed by atoms with Gasteiger partial charge < -0.3 is 9.30 Å². The van der Waals surface area contributed by atoms with Crippen LogP contribution in [0.3, 0.4) is 0 Å². The molecule has 0 saturated carbocycles. The van der Waals surface area contributed by atoms with Gasteiger partial charge in [0, 0.05) is 12.6 Å². The standard InChI is InChI=1S/C16H14FN5O3S/c1-2-21-14(10-25-13-6-4-3-5-12(13)17)19-20-16(21)26-15-8-7-11(9-18-15)22(23)24/h3-9H,2,10H2,1H3. The smallest absolute Gasteiger partial charge is 0.287 e. The first-order valence-corrected chi connectivity index (χ1v) is 8.48. The molecule has 10 heteroatoms. The fraction of sp³-hybridized carbons (Fsp3) is 0.188. The van der Waals surface area contributed by atoms with Crippen molar-refractivity contribution in [1.82, 2.24) is 19.7 Å². The second kappa shape index (κ2) is 7.91. The molecule has 0 aliphatic rings. The lowest BCUT2D eigenvalue weighted by Crippen LogP contribution is -2.07. The minimum absolute atomic E-state index is 0.0655. The summed E-state index contributed by atoms with van der Waals surface area (Å²) in [5.74, 6) is 0.240. The lowest BCUT2D eigenvalue weighted by Gasteiger charge is -2.09. The zero-order valence-electron chi connectivity index (χ0n) is 13.7. The molecule has 0 bridgehead atoms. The third-order valence-corrected chi connectivity index (χ3v) is 4.37. The van der Waals surface area contributed by atoms with Crippen molar-refractivity contribution in [2.24, 2.45) is 0 Å². The number of pyridine rings is 1. The van der Waals surface area contributed by atoms with Gasteiger partial charge in [0.25, 0.3) is 5.69 Å². The Balaban J connectivity index is 1.73. The number of nitrogens with zero attached hydrogens (tertiary/aromatic N) is 5. The van der Waals surface area contributed by atoms with E-state index >= 15 is 0 Å². The highest BCUT2D eigenvalue weighted by atomic mass is 32.2. The summed E-state index contributed by atoms with van der Waals surface area (Å²) in [5, 5.41) is 20.0. The largest absolute Gasteiger partial charge is 0.483 e. The van der Waals surface area contributed by atoms with Crippen LogP contribution in [-0.4, -0.2) is 24.7 Å². The van der Waals surface area contributed by atoms with Crippen molar-refractivity contribution in [2.45, 2.75) is 30.3 Å². The molecule has 0 unspecified atom stereocenters. The quantitative estimate of drug-likeness (QED) is 0.461. The Hall–Kier alpha value is -3.01. The fourth-order valence-electron chi connectivity index (χ4n) is 2.16. The molecule has 0 saturated heterocycles. The van der Waals surface area contributed by atoms with Gasteiger partial charge in [-0.2, -0.15) is 0 Å². The van der Waals surface area contributed by atoms with Crippen LogP contribution < -0.4 is 4.74 Å². The molecule has 0 aliphatic heterocycles. The highest BCUT2D eigenvalue weighted by Crippen LogP contribution is 2.26. The fourth-order valence-corrected chi connectivity index (χ4v) is 3.01. The van der Waals surface area contributed by atoms with Crippen molar-refractivity contribution in [3.05, 3.63) is 64.4 Å². The summed E-state index contributed by atoms with van der Waals surface area (Å²) < 4.78 is 20.9. The topological polar surface area (TPSA) is 96.0 Å². The summed E-state index contributed by atoms with van der Waals surface area (Å²) in [6.07, 6.45) is 1.19. The van der Waals surface area contributed by atoms with Gasteiger partial charge in [0.15, 0.2) is 22.5 Å². The first-order chi connectivity index (χ1) is 12.6. The van der Waals surface area contributed by atoms with E-state index in [1.54, 1.807) is 24.3 Å². The Bertz CT molecular complexity index is 917. The van der Waals surface area contributed by atoms with Crippen LogP contribution in [0.2, 0.25) is 0 Å². The molecule has 0 N–H and O–H groups in total. The highest BCUT2D eigenvalue weighted by Gasteiger charge is 2.15. The molecule has 3 aromatic rings. The van der Waals surface area contributed by atoms with E-state index in [-0.39, 0.29) is 18.0 Å². The first-order valence-electron chi connectivity index (χ1n) is 7.66. The Morgan fingerprint density at radius 3 is 2.73 bits per heavy atom. The number of nitro groups is 1. The summed E-state index contributed by atoms with van der Waals surface area (Å²) in [4.78, 5) is 14.2. The van der Waals surface area contributed by atoms with Crippen LogP contribution in [0.25, 0.3) is 0 Å². The molecular formula is C16H14FN5O3S. The van der Waals surface area contributed by atoms with E-state index < -0.39 is 10.7 Å². The second-order valence-electron chi connectivity index (χ2n) is 5.08. The van der Waals surface area contributed by atoms with Gasteiger partial charge in [-0.15, -0.1) is 10.2 Å². The monoisotopic (exact) mass is 375 g/mol. The van der Waals surface area contributed by atoms with E-state index in [1.165, 1.54) is 30.1 Å². The third-order valence-electron chi connectivity index (χ3n) is 3.43. The maximum atomic E-state index is 13.6. The molecule has 0 spiro atoms. The molecule has 0 atom stereocenters. The van der Waals surface area contributed by atoms with Gasteiger partial charge in [-0.1, -0.05) is 12.1 Å². The molecule has 8 nitrogen and oxygen atoms in total. The van der Waals surface area contributed by atoms with Gasteiger partial charge in [0.05, 0.1) is 4.92 Å². The van der Waals surface area contributed by atoms with Crippen LogP contribution in [0.15, 0.2) is 52.8 Å². The van der Waals surface area contributed by atoms with Crippen LogP contribution in [0.1, 0.15) is 12.7 Å². The van der Waals surface area contributed by atoms with E-state index in [4.69, 9.17) is 4.74 Å². The van der Waals surface area contributed by atoms with E-state index in [0.29, 0.717) is 22.6 Å². The van der Waals surface area contributed by atoms with Crippen molar-refractivity contribution in [3.63, 3.8) is 0 Å². The van der Waals surface area contributed by atoms with Gasteiger partial charge >= 0.3 is 0 Å². The van der Waals surface area contributed by atoms with Gasteiger partial charge in [0.1, 0.15) is 17.8 Å². The summed E-state index contributed by atoms with van der Waals surface area (Å²) in [5.41, 5.74) is -0.0784. The van der Waals surface area contributed by atoms with Crippen molar-refractivity contribution in [3.8, 4) is 5.75 Å². The Labute approximate surface area is 152 Å². The average molecular weight is 375 g/mol. The van der Waals surface area contributed by atoms with Crippen LogP contribution in [0.4, 0.5) is 10.1 Å². The molecule has 134 valence electrons. The summed E-state index contributed by atoms with van der Waals surface area (Å²) in [7, 11) is 0. The number of halogens is 1. The van der Waals surface area contributed by atoms with Gasteiger partial charge in [0.2, 0.25) is 0 Å². The molecule has 26 heavy (non-hydrogen) atoms. The summed E-state index contributed by atoms with van der Waals surface area (Å²) in [6.45, 7) is 2.57. The number of ether oxygens (including phenoxy) is 1. The molecule has 1 aromatic carbocycles. The molecule has 3 rings (SSSR count). The number of benzene rings is 1. The predicted octanol–water partition coefficient (Wildman–Crippen LogP) is 3.47. The number of para-hydroxylation sites is 1. The molecule has 0 aliphatic carbocycles. The Morgan fingerprint density at radius 2 is 2.08 bits per heavy atom. The molecular weight excluding hydrogens is 361 g/mol. The Kier molecular flexibility index (Phi) is 5.42. The van der Waals surface area contributed by atoms with E-state index in [0.717, 1.165) is 0 Å². The van der Waals surface area contributed by atoms with Crippen LogP contribution in [0.5, 0.6) is 5.75 Å². The van der Waals surface area contributed by atoms with Crippen molar-refractivity contribution in [2.75, 3.05) is 0 Å². The lowest BCUT2D eigenvalue weighted by atomic mass is 10.3. The maximum Gasteiger partial charge on any atom is 0.287 e. The molecule has 0 fully saturated rings. The van der Waals surface area contributed by atoms with E-state index in [9.17, 15) is 14.5 Å². The van der Waals surface area contributed by atoms with Gasteiger partial charge in [-0.05, 0) is 36.9 Å². The Morgan fingerprint density at radius 1 is 1.27 bits per heavy atom. The lowest BCUT2D eigenvalue weighted by molar-refractivity contribution is -0.385. The summed E-state index contributed by atoms with van der Waals surface area (Å²) >= 11 is 1.23. The number of hydrogen-bond acceptors (Lipinski definition) is 7. The molecule has 0 radical (unpaired) electrons. The number of rotatable bonds is 7. The van der Waals surface area contributed by atoms with Crippen molar-refractivity contribution >= 4 is 17.4 Å². The van der Waals surface area contributed by atoms with Crippen molar-refractivity contribution in [1.29, 1.82) is 0 Å². The maximum absolute atomic E-state index is 13.6. The zero-order valence-corrected chi connectivity index (χ0v) is 14.5. The van der Waals surface area contributed by atoms with Gasteiger partial charge in [-0.3, -0.25) is 10.1 Å². The second-order valence-corrected chi connectivity index (χ2v) is 6.06. The predicted molar refractivity (Wildman–Crippen MR) is 91.4 cm³/mol. The minimum atomic E-state index is -0.506. The molecule has 2 heterocycles. The number of aromatic nitrogens is 4. The van der Waals surface area contributed by atoms with Crippen LogP contribution >= 0.6 is 11.8 Å². The summed E-state index contributed by atoms with van der Waals surface area (Å²) in [6, 6.07) is 9.06. The van der Waals surface area contributed by atoms with Gasteiger partial charge in [-0.25, -0.2) is 9.37 Å². The SMILES string of the molecule is CCn1c(COc2ccccc2F)nnc1Sc1ccc([N+](=O)[O-])cn1. The highest BCUT2D eigenvalue weighted by molar-refractivity contribution is 7.99. The van der Waals surface area contributed by atoms with Crippen LogP contribution in [-0.2, 0) is 13.2 Å². The van der Waals surface area contributed by atoms with E-state index in [2.05, 4.69) is 15.2 Å². The van der Waals surface area contributed by atoms with Crippen LogP contribution in [0, 0.1) is 15.9 Å².